The van der Waals surface area contributed by atoms with Crippen LogP contribution in [0.2, 0.25) is 0 Å². The van der Waals surface area contributed by atoms with Crippen LogP contribution >= 0.6 is 0 Å². The summed E-state index contributed by atoms with van der Waals surface area (Å²) in [5.74, 6) is 0.155. The molecule has 3 rings (SSSR count). The molecule has 1 aliphatic rings. The van der Waals surface area contributed by atoms with E-state index < -0.39 is 5.82 Å². The fourth-order valence-corrected chi connectivity index (χ4v) is 2.79. The van der Waals surface area contributed by atoms with Gasteiger partial charge in [-0.3, -0.25) is 4.79 Å². The van der Waals surface area contributed by atoms with E-state index in [4.69, 9.17) is 4.74 Å². The molecule has 1 amide bonds. The smallest absolute Gasteiger partial charge is 0.256 e. The van der Waals surface area contributed by atoms with Gasteiger partial charge in [0.1, 0.15) is 17.7 Å². The first kappa shape index (κ1) is 15.5. The Morgan fingerprint density at radius 2 is 1.74 bits per heavy atom. The normalized spacial score (nSPS) is 15.5. The van der Waals surface area contributed by atoms with Crippen LogP contribution in [0.15, 0.2) is 48.5 Å². The number of aryl methyl sites for hydroxylation is 1. The number of amides is 1. The number of carbonyl (C=O) groups is 1. The lowest BCUT2D eigenvalue weighted by molar-refractivity contribution is 0.0591. The van der Waals surface area contributed by atoms with Gasteiger partial charge in [-0.1, -0.05) is 29.8 Å². The maximum Gasteiger partial charge on any atom is 0.256 e. The van der Waals surface area contributed by atoms with Crippen LogP contribution in [0.25, 0.3) is 0 Å². The minimum absolute atomic E-state index is 0.0994. The zero-order chi connectivity index (χ0) is 16.2. The zero-order valence-electron chi connectivity index (χ0n) is 13.2. The van der Waals surface area contributed by atoms with E-state index in [0.717, 1.165) is 18.6 Å². The summed E-state index contributed by atoms with van der Waals surface area (Å²) in [7, 11) is 0. The molecule has 1 aliphatic heterocycles. The molecule has 0 radical (unpaired) electrons. The van der Waals surface area contributed by atoms with E-state index >= 15 is 0 Å². The first-order valence-electron chi connectivity index (χ1n) is 7.90. The highest BCUT2D eigenvalue weighted by molar-refractivity contribution is 5.94. The molecule has 4 heteroatoms. The Hall–Kier alpha value is -2.36. The van der Waals surface area contributed by atoms with E-state index in [-0.39, 0.29) is 17.6 Å². The molecule has 0 saturated carbocycles. The van der Waals surface area contributed by atoms with Gasteiger partial charge in [-0.15, -0.1) is 0 Å². The van der Waals surface area contributed by atoms with Gasteiger partial charge in [0.25, 0.3) is 5.91 Å². The van der Waals surface area contributed by atoms with Gasteiger partial charge in [0, 0.05) is 25.9 Å². The van der Waals surface area contributed by atoms with Gasteiger partial charge in [0.15, 0.2) is 0 Å². The SMILES string of the molecule is Cc1ccc(OC2CCN(C(=O)c3ccccc3F)CC2)cc1. The third-order valence-electron chi connectivity index (χ3n) is 4.16. The molecule has 2 aromatic rings. The Kier molecular flexibility index (Phi) is 4.60. The lowest BCUT2D eigenvalue weighted by Crippen LogP contribution is -2.42. The topological polar surface area (TPSA) is 29.5 Å². The number of benzene rings is 2. The van der Waals surface area contributed by atoms with Crippen LogP contribution in [0.4, 0.5) is 4.39 Å². The maximum atomic E-state index is 13.7. The molecule has 2 aromatic carbocycles. The number of nitrogens with zero attached hydrogens (tertiary/aromatic N) is 1. The average Bonchev–Trinajstić information content (AvgIpc) is 2.57. The molecule has 0 atom stereocenters. The van der Waals surface area contributed by atoms with Gasteiger partial charge < -0.3 is 9.64 Å². The van der Waals surface area contributed by atoms with Crippen molar-refractivity contribution in [2.75, 3.05) is 13.1 Å². The van der Waals surface area contributed by atoms with E-state index in [9.17, 15) is 9.18 Å². The van der Waals surface area contributed by atoms with Crippen molar-refractivity contribution < 1.29 is 13.9 Å². The van der Waals surface area contributed by atoms with E-state index in [2.05, 4.69) is 0 Å². The summed E-state index contributed by atoms with van der Waals surface area (Å²) in [6.07, 6.45) is 1.62. The summed E-state index contributed by atoms with van der Waals surface area (Å²) in [5, 5.41) is 0. The minimum atomic E-state index is -0.462. The number of ether oxygens (including phenoxy) is 1. The van der Waals surface area contributed by atoms with Gasteiger partial charge in [0.05, 0.1) is 5.56 Å². The number of piperidine rings is 1. The number of rotatable bonds is 3. The van der Waals surface area contributed by atoms with Crippen molar-refractivity contribution >= 4 is 5.91 Å². The van der Waals surface area contributed by atoms with Crippen molar-refractivity contribution in [3.05, 3.63) is 65.5 Å². The summed E-state index contributed by atoms with van der Waals surface area (Å²) in [4.78, 5) is 14.1. The molecule has 0 spiro atoms. The van der Waals surface area contributed by atoms with E-state index in [1.165, 1.54) is 17.7 Å². The minimum Gasteiger partial charge on any atom is -0.490 e. The first-order valence-corrected chi connectivity index (χ1v) is 7.90. The fraction of sp³-hybridized carbons (Fsp3) is 0.316. The quantitative estimate of drug-likeness (QED) is 0.862. The lowest BCUT2D eigenvalue weighted by atomic mass is 10.1. The molecular formula is C19H20FNO2. The van der Waals surface area contributed by atoms with Crippen LogP contribution in [0, 0.1) is 12.7 Å². The molecule has 0 unspecified atom stereocenters. The highest BCUT2D eigenvalue weighted by atomic mass is 19.1. The second kappa shape index (κ2) is 6.82. The average molecular weight is 313 g/mol. The summed E-state index contributed by atoms with van der Waals surface area (Å²) in [6, 6.07) is 14.1. The van der Waals surface area contributed by atoms with Crippen molar-refractivity contribution in [1.82, 2.24) is 4.90 Å². The number of carbonyl (C=O) groups excluding carboxylic acids is 1. The number of likely N-dealkylation sites (tertiary alicyclic amines) is 1. The number of halogens is 1. The Balaban J connectivity index is 1.57. The Morgan fingerprint density at radius 1 is 1.09 bits per heavy atom. The Morgan fingerprint density at radius 3 is 2.39 bits per heavy atom. The Bertz CT molecular complexity index is 676. The highest BCUT2D eigenvalue weighted by Gasteiger charge is 2.25. The van der Waals surface area contributed by atoms with Crippen molar-refractivity contribution in [2.45, 2.75) is 25.9 Å². The number of hydrogen-bond donors (Lipinski definition) is 0. The standard InChI is InChI=1S/C19H20FNO2/c1-14-6-8-15(9-7-14)23-16-10-12-21(13-11-16)19(22)17-4-2-3-5-18(17)20/h2-9,16H,10-13H2,1H3. The predicted octanol–water partition coefficient (Wildman–Crippen LogP) is 3.82. The van der Waals surface area contributed by atoms with E-state index in [0.29, 0.717) is 13.1 Å². The van der Waals surface area contributed by atoms with E-state index in [1.54, 1.807) is 17.0 Å². The summed E-state index contributed by atoms with van der Waals surface area (Å²) >= 11 is 0. The van der Waals surface area contributed by atoms with Crippen LogP contribution in [-0.4, -0.2) is 30.0 Å². The molecule has 0 aromatic heterocycles. The summed E-state index contributed by atoms with van der Waals surface area (Å²) < 4.78 is 19.7. The number of hydrogen-bond acceptors (Lipinski definition) is 2. The van der Waals surface area contributed by atoms with Crippen molar-refractivity contribution in [1.29, 1.82) is 0 Å². The van der Waals surface area contributed by atoms with Crippen LogP contribution in [-0.2, 0) is 0 Å². The summed E-state index contributed by atoms with van der Waals surface area (Å²) in [6.45, 7) is 3.21. The molecule has 0 aliphatic carbocycles. The molecule has 23 heavy (non-hydrogen) atoms. The fourth-order valence-electron chi connectivity index (χ4n) is 2.79. The summed E-state index contributed by atoms with van der Waals surface area (Å²) in [5.41, 5.74) is 1.34. The zero-order valence-corrected chi connectivity index (χ0v) is 13.2. The van der Waals surface area contributed by atoms with Crippen molar-refractivity contribution in [2.24, 2.45) is 0 Å². The molecule has 120 valence electrons. The lowest BCUT2D eigenvalue weighted by Gasteiger charge is -2.32. The first-order chi connectivity index (χ1) is 11.1. The van der Waals surface area contributed by atoms with Crippen LogP contribution in [0.1, 0.15) is 28.8 Å². The van der Waals surface area contributed by atoms with Crippen molar-refractivity contribution in [3.63, 3.8) is 0 Å². The largest absolute Gasteiger partial charge is 0.490 e. The van der Waals surface area contributed by atoms with Crippen molar-refractivity contribution in [3.8, 4) is 5.75 Å². The van der Waals surface area contributed by atoms with Crippen LogP contribution < -0.4 is 4.74 Å². The molecule has 3 nitrogen and oxygen atoms in total. The van der Waals surface area contributed by atoms with Gasteiger partial charge in [-0.05, 0) is 31.2 Å². The molecule has 0 N–H and O–H groups in total. The molecular weight excluding hydrogens is 293 g/mol. The highest BCUT2D eigenvalue weighted by Crippen LogP contribution is 2.21. The third kappa shape index (κ3) is 3.70. The van der Waals surface area contributed by atoms with Crippen LogP contribution in [0.5, 0.6) is 5.75 Å². The van der Waals surface area contributed by atoms with Gasteiger partial charge in [-0.2, -0.15) is 0 Å². The van der Waals surface area contributed by atoms with Gasteiger partial charge in [0.2, 0.25) is 0 Å². The maximum absolute atomic E-state index is 13.7. The monoisotopic (exact) mass is 313 g/mol. The third-order valence-corrected chi connectivity index (χ3v) is 4.16. The second-order valence-electron chi connectivity index (χ2n) is 5.90. The Labute approximate surface area is 135 Å². The predicted molar refractivity (Wildman–Crippen MR) is 87.1 cm³/mol. The van der Waals surface area contributed by atoms with E-state index in [1.807, 2.05) is 31.2 Å². The molecule has 0 bridgehead atoms. The van der Waals surface area contributed by atoms with Gasteiger partial charge >= 0.3 is 0 Å². The second-order valence-corrected chi connectivity index (χ2v) is 5.90. The van der Waals surface area contributed by atoms with Gasteiger partial charge in [-0.25, -0.2) is 4.39 Å². The molecule has 1 fully saturated rings. The van der Waals surface area contributed by atoms with Crippen LogP contribution in [0.3, 0.4) is 0 Å². The molecule has 1 saturated heterocycles. The molecule has 1 heterocycles.